The van der Waals surface area contributed by atoms with Crippen molar-refractivity contribution in [1.82, 2.24) is 9.47 Å². The number of fused-ring (bicyclic) bond motifs is 2. The summed E-state index contributed by atoms with van der Waals surface area (Å²) in [5.41, 5.74) is 4.81. The SMILES string of the molecule is COC(=O)c1ccc2c(c1)NC(=O)/C2=C(\Nc1ccc2c(ccn2C(=O)CCC(=O)N(C)C)c1)c1ccccc1. The summed E-state index contributed by atoms with van der Waals surface area (Å²) < 4.78 is 6.37. The normalized spacial score (nSPS) is 13.4. The first-order valence-electron chi connectivity index (χ1n) is 12.7. The van der Waals surface area contributed by atoms with E-state index in [-0.39, 0.29) is 30.6 Å². The summed E-state index contributed by atoms with van der Waals surface area (Å²) in [7, 11) is 4.64. The molecular formula is C31H28N4O5. The predicted molar refractivity (Wildman–Crippen MR) is 154 cm³/mol. The standard InChI is InChI=1S/C31H28N4O5/c1-34(2)26(36)13-14-27(37)35-16-15-20-17-22(10-12-25(20)35)32-29(19-7-5-4-6-8-19)28-23-11-9-21(31(39)40-3)18-24(23)33-30(28)38/h4-12,15-18,32H,13-14H2,1-3H3,(H,33,38)/b29-28-. The molecule has 1 aromatic heterocycles. The van der Waals surface area contributed by atoms with Crippen molar-refractivity contribution in [3.63, 3.8) is 0 Å². The Hall–Kier alpha value is -5.18. The number of nitrogens with zero attached hydrogens (tertiary/aromatic N) is 2. The minimum Gasteiger partial charge on any atom is -0.465 e. The van der Waals surface area contributed by atoms with Crippen LogP contribution in [0.1, 0.15) is 39.1 Å². The molecule has 2 N–H and O–H groups in total. The highest BCUT2D eigenvalue weighted by Crippen LogP contribution is 2.38. The van der Waals surface area contributed by atoms with Crippen LogP contribution in [0.15, 0.2) is 79.0 Å². The van der Waals surface area contributed by atoms with Crippen LogP contribution in [0, 0.1) is 0 Å². The molecule has 0 atom stereocenters. The average molecular weight is 537 g/mol. The second-order valence-electron chi connectivity index (χ2n) is 9.59. The molecule has 0 spiro atoms. The number of benzene rings is 3. The summed E-state index contributed by atoms with van der Waals surface area (Å²) in [6, 6.07) is 21.9. The van der Waals surface area contributed by atoms with Gasteiger partial charge in [0.05, 0.1) is 35.1 Å². The van der Waals surface area contributed by atoms with Gasteiger partial charge >= 0.3 is 5.97 Å². The van der Waals surface area contributed by atoms with Crippen LogP contribution < -0.4 is 10.6 Å². The Morgan fingerprint density at radius 1 is 0.925 bits per heavy atom. The van der Waals surface area contributed by atoms with Gasteiger partial charge in [-0.05, 0) is 42.0 Å². The first-order valence-corrected chi connectivity index (χ1v) is 12.7. The Labute approximate surface area is 231 Å². The van der Waals surface area contributed by atoms with Crippen LogP contribution in [-0.2, 0) is 14.3 Å². The predicted octanol–water partition coefficient (Wildman–Crippen LogP) is 4.87. The van der Waals surface area contributed by atoms with E-state index in [1.165, 1.54) is 12.0 Å². The fourth-order valence-electron chi connectivity index (χ4n) is 4.69. The topological polar surface area (TPSA) is 110 Å². The molecule has 0 saturated heterocycles. The lowest BCUT2D eigenvalue weighted by Gasteiger charge is -2.15. The summed E-state index contributed by atoms with van der Waals surface area (Å²) >= 11 is 0. The second kappa shape index (κ2) is 10.9. The number of carbonyl (C=O) groups excluding carboxylic acids is 4. The summed E-state index contributed by atoms with van der Waals surface area (Å²) in [4.78, 5) is 51.4. The molecule has 0 saturated carbocycles. The molecule has 0 bridgehead atoms. The third-order valence-corrected chi connectivity index (χ3v) is 6.78. The number of hydrogen-bond donors (Lipinski definition) is 2. The van der Waals surface area contributed by atoms with Crippen molar-refractivity contribution in [3.8, 4) is 0 Å². The molecule has 2 heterocycles. The third-order valence-electron chi connectivity index (χ3n) is 6.78. The zero-order chi connectivity index (χ0) is 28.4. The summed E-state index contributed by atoms with van der Waals surface area (Å²) in [5.74, 6) is -1.05. The van der Waals surface area contributed by atoms with Crippen molar-refractivity contribution in [3.05, 3.63) is 95.7 Å². The Morgan fingerprint density at radius 3 is 2.42 bits per heavy atom. The average Bonchev–Trinajstić information content (AvgIpc) is 3.53. The smallest absolute Gasteiger partial charge is 0.337 e. The maximum absolute atomic E-state index is 13.2. The number of methoxy groups -OCH3 is 1. The van der Waals surface area contributed by atoms with Gasteiger partial charge in [0, 0.05) is 49.8 Å². The number of amides is 2. The molecule has 0 fully saturated rings. The van der Waals surface area contributed by atoms with E-state index in [2.05, 4.69) is 10.6 Å². The van der Waals surface area contributed by atoms with E-state index in [9.17, 15) is 19.2 Å². The molecule has 0 aliphatic carbocycles. The first-order chi connectivity index (χ1) is 19.3. The number of rotatable bonds is 7. The molecule has 2 amide bonds. The van der Waals surface area contributed by atoms with Crippen LogP contribution in [0.25, 0.3) is 22.2 Å². The van der Waals surface area contributed by atoms with E-state index in [0.717, 1.165) is 22.2 Å². The van der Waals surface area contributed by atoms with Crippen LogP contribution in [0.4, 0.5) is 11.4 Å². The minimum atomic E-state index is -0.487. The molecule has 3 aromatic carbocycles. The van der Waals surface area contributed by atoms with Crippen LogP contribution in [-0.4, -0.2) is 54.4 Å². The van der Waals surface area contributed by atoms with Gasteiger partial charge in [-0.3, -0.25) is 19.0 Å². The molecular weight excluding hydrogens is 508 g/mol. The molecule has 1 aliphatic rings. The van der Waals surface area contributed by atoms with E-state index in [1.54, 1.807) is 43.1 Å². The lowest BCUT2D eigenvalue weighted by Crippen LogP contribution is -2.23. The zero-order valence-corrected chi connectivity index (χ0v) is 22.4. The molecule has 4 aromatic rings. The summed E-state index contributed by atoms with van der Waals surface area (Å²) in [6.45, 7) is 0. The second-order valence-corrected chi connectivity index (χ2v) is 9.59. The highest BCUT2D eigenvalue weighted by atomic mass is 16.5. The number of hydrogen-bond acceptors (Lipinski definition) is 6. The Kier molecular flexibility index (Phi) is 7.20. The maximum atomic E-state index is 13.2. The Morgan fingerprint density at radius 2 is 1.70 bits per heavy atom. The Bertz CT molecular complexity index is 1680. The Balaban J connectivity index is 1.50. The minimum absolute atomic E-state index is 0.100. The molecule has 9 heteroatoms. The van der Waals surface area contributed by atoms with Crippen molar-refractivity contribution in [2.45, 2.75) is 12.8 Å². The number of esters is 1. The number of nitrogens with one attached hydrogen (secondary N) is 2. The fourth-order valence-corrected chi connectivity index (χ4v) is 4.69. The van der Waals surface area contributed by atoms with Crippen molar-refractivity contribution < 1.29 is 23.9 Å². The number of carbonyl (C=O) groups is 4. The van der Waals surface area contributed by atoms with Crippen LogP contribution in [0.5, 0.6) is 0 Å². The lowest BCUT2D eigenvalue weighted by molar-refractivity contribution is -0.128. The van der Waals surface area contributed by atoms with E-state index in [1.807, 2.05) is 54.6 Å². The van der Waals surface area contributed by atoms with Crippen molar-refractivity contribution in [1.29, 1.82) is 0 Å². The summed E-state index contributed by atoms with van der Waals surface area (Å²) in [6.07, 6.45) is 1.95. The van der Waals surface area contributed by atoms with Gasteiger partial charge in [-0.2, -0.15) is 0 Å². The van der Waals surface area contributed by atoms with Crippen LogP contribution >= 0.6 is 0 Å². The van der Waals surface area contributed by atoms with E-state index < -0.39 is 5.97 Å². The van der Waals surface area contributed by atoms with Crippen molar-refractivity contribution in [2.24, 2.45) is 0 Å². The zero-order valence-electron chi connectivity index (χ0n) is 22.4. The summed E-state index contributed by atoms with van der Waals surface area (Å²) in [5, 5.41) is 7.11. The highest BCUT2D eigenvalue weighted by Gasteiger charge is 2.29. The van der Waals surface area contributed by atoms with Gasteiger partial charge in [0.2, 0.25) is 11.8 Å². The molecule has 0 unspecified atom stereocenters. The van der Waals surface area contributed by atoms with Crippen molar-refractivity contribution in [2.75, 3.05) is 31.8 Å². The third kappa shape index (κ3) is 5.09. The number of anilines is 2. The van der Waals surface area contributed by atoms with Gasteiger partial charge in [-0.1, -0.05) is 36.4 Å². The molecule has 40 heavy (non-hydrogen) atoms. The lowest BCUT2D eigenvalue weighted by atomic mass is 9.99. The van der Waals surface area contributed by atoms with Crippen molar-refractivity contribution >= 4 is 57.2 Å². The van der Waals surface area contributed by atoms with E-state index in [4.69, 9.17) is 4.74 Å². The maximum Gasteiger partial charge on any atom is 0.337 e. The fraction of sp³-hybridized carbons (Fsp3) is 0.161. The molecule has 0 radical (unpaired) electrons. The van der Waals surface area contributed by atoms with Gasteiger partial charge in [0.15, 0.2) is 0 Å². The quantitative estimate of drug-likeness (QED) is 0.258. The number of aromatic nitrogens is 1. The highest BCUT2D eigenvalue weighted by molar-refractivity contribution is 6.37. The molecule has 5 rings (SSSR count). The van der Waals surface area contributed by atoms with Gasteiger partial charge in [0.25, 0.3) is 5.91 Å². The monoisotopic (exact) mass is 536 g/mol. The van der Waals surface area contributed by atoms with Crippen LogP contribution in [0.2, 0.25) is 0 Å². The molecule has 9 nitrogen and oxygen atoms in total. The van der Waals surface area contributed by atoms with Gasteiger partial charge in [0.1, 0.15) is 0 Å². The molecule has 202 valence electrons. The van der Waals surface area contributed by atoms with Gasteiger partial charge in [-0.15, -0.1) is 0 Å². The van der Waals surface area contributed by atoms with Crippen LogP contribution in [0.3, 0.4) is 0 Å². The first kappa shape index (κ1) is 26.4. The van der Waals surface area contributed by atoms with E-state index in [0.29, 0.717) is 28.1 Å². The van der Waals surface area contributed by atoms with Gasteiger partial charge in [-0.25, -0.2) is 4.79 Å². The molecule has 1 aliphatic heterocycles. The number of ether oxygens (including phenoxy) is 1. The largest absolute Gasteiger partial charge is 0.465 e. The van der Waals surface area contributed by atoms with E-state index >= 15 is 0 Å². The van der Waals surface area contributed by atoms with Gasteiger partial charge < -0.3 is 20.3 Å².